The van der Waals surface area contributed by atoms with Gasteiger partial charge in [0, 0.05) is 7.05 Å². The van der Waals surface area contributed by atoms with E-state index in [0.29, 0.717) is 19.6 Å². The number of carbonyl (C=O) groups excluding carboxylic acids is 2. The number of halogens is 3. The Morgan fingerprint density at radius 1 is 1.12 bits per heavy atom. The summed E-state index contributed by atoms with van der Waals surface area (Å²) < 4.78 is 39.8. The van der Waals surface area contributed by atoms with E-state index >= 15 is 0 Å². The van der Waals surface area contributed by atoms with E-state index in [4.69, 9.17) is 0 Å². The summed E-state index contributed by atoms with van der Waals surface area (Å²) in [5.41, 5.74) is -0.376. The molecular formula is C16H23F3N4O2+2. The van der Waals surface area contributed by atoms with Crippen molar-refractivity contribution in [1.29, 1.82) is 0 Å². The summed E-state index contributed by atoms with van der Waals surface area (Å²) in [6.45, 7) is 4.93. The molecule has 1 atom stereocenters. The van der Waals surface area contributed by atoms with Gasteiger partial charge < -0.3 is 20.4 Å². The molecule has 138 valence electrons. The minimum atomic E-state index is -1.61. The van der Waals surface area contributed by atoms with Gasteiger partial charge in [0.05, 0.1) is 5.69 Å². The van der Waals surface area contributed by atoms with E-state index < -0.39 is 29.4 Å². The van der Waals surface area contributed by atoms with Crippen molar-refractivity contribution in [3.8, 4) is 0 Å². The van der Waals surface area contributed by atoms with Crippen LogP contribution >= 0.6 is 0 Å². The van der Waals surface area contributed by atoms with Gasteiger partial charge >= 0.3 is 0 Å². The molecule has 25 heavy (non-hydrogen) atoms. The van der Waals surface area contributed by atoms with Crippen molar-refractivity contribution in [2.45, 2.75) is 13.0 Å². The molecule has 0 saturated carbocycles. The molecule has 1 aliphatic rings. The predicted molar refractivity (Wildman–Crippen MR) is 84.7 cm³/mol. The Balaban J connectivity index is 1.91. The van der Waals surface area contributed by atoms with E-state index in [1.807, 2.05) is 0 Å². The van der Waals surface area contributed by atoms with Gasteiger partial charge in [-0.15, -0.1) is 0 Å². The van der Waals surface area contributed by atoms with Gasteiger partial charge in [-0.1, -0.05) is 0 Å². The number of likely N-dealkylation sites (N-methyl/N-ethyl adjacent to an activating group) is 1. The molecule has 1 saturated heterocycles. The zero-order chi connectivity index (χ0) is 18.6. The molecule has 2 rings (SSSR count). The van der Waals surface area contributed by atoms with Crippen molar-refractivity contribution in [2.75, 3.05) is 45.1 Å². The minimum absolute atomic E-state index is 0.0296. The summed E-state index contributed by atoms with van der Waals surface area (Å²) in [4.78, 5) is 25.8. The van der Waals surface area contributed by atoms with E-state index in [0.717, 1.165) is 35.0 Å². The van der Waals surface area contributed by atoms with Crippen LogP contribution in [0.3, 0.4) is 0 Å². The lowest BCUT2D eigenvalue weighted by Gasteiger charge is -2.32. The fraction of sp³-hybridized carbons (Fsp3) is 0.500. The summed E-state index contributed by atoms with van der Waals surface area (Å²) >= 11 is 0. The lowest BCUT2D eigenvalue weighted by atomic mass is 10.2. The fourth-order valence-electron chi connectivity index (χ4n) is 2.90. The first-order chi connectivity index (χ1) is 11.8. The normalized spacial score (nSPS) is 21.5. The third-order valence-corrected chi connectivity index (χ3v) is 4.59. The van der Waals surface area contributed by atoms with Crippen molar-refractivity contribution < 1.29 is 32.6 Å². The molecule has 4 N–H and O–H groups in total. The molecule has 0 bridgehead atoms. The summed E-state index contributed by atoms with van der Waals surface area (Å²) in [6, 6.07) is 1.29. The van der Waals surface area contributed by atoms with Gasteiger partial charge in [0.25, 0.3) is 11.8 Å². The maximum absolute atomic E-state index is 13.7. The van der Waals surface area contributed by atoms with Crippen molar-refractivity contribution in [3.05, 3.63) is 29.6 Å². The Bertz CT molecular complexity index is 649. The largest absolute Gasteiger partial charge is 0.354 e. The Hall–Kier alpha value is -2.13. The number of hydrogen-bond acceptors (Lipinski definition) is 2. The molecule has 0 aromatic heterocycles. The van der Waals surface area contributed by atoms with E-state index in [1.54, 1.807) is 14.0 Å². The maximum Gasteiger partial charge on any atom is 0.282 e. The highest BCUT2D eigenvalue weighted by Gasteiger charge is 2.32. The smallest absolute Gasteiger partial charge is 0.282 e. The Morgan fingerprint density at radius 2 is 1.76 bits per heavy atom. The average molecular weight is 360 g/mol. The Labute approximate surface area is 144 Å². The molecule has 1 fully saturated rings. The second-order valence-electron chi connectivity index (χ2n) is 6.19. The van der Waals surface area contributed by atoms with Gasteiger partial charge in [-0.05, 0) is 19.1 Å². The molecule has 6 nitrogen and oxygen atoms in total. The minimum Gasteiger partial charge on any atom is -0.354 e. The molecule has 0 aliphatic carbocycles. The lowest BCUT2D eigenvalue weighted by molar-refractivity contribution is -1.01. The summed E-state index contributed by atoms with van der Waals surface area (Å²) in [7, 11) is 1.59. The summed E-state index contributed by atoms with van der Waals surface area (Å²) in [5, 5.41) is 4.90. The van der Waals surface area contributed by atoms with E-state index in [2.05, 4.69) is 10.6 Å². The Kier molecular flexibility index (Phi) is 6.38. The Morgan fingerprint density at radius 3 is 2.36 bits per heavy atom. The molecule has 1 aromatic rings. The van der Waals surface area contributed by atoms with Crippen LogP contribution in [0.2, 0.25) is 0 Å². The van der Waals surface area contributed by atoms with Gasteiger partial charge in [-0.3, -0.25) is 9.59 Å². The molecular weight excluding hydrogens is 337 g/mol. The van der Waals surface area contributed by atoms with Crippen LogP contribution in [0.1, 0.15) is 6.92 Å². The lowest BCUT2D eigenvalue weighted by Crippen LogP contribution is -3.30. The standard InChI is InChI=1S/C16H21F3N4O2/c1-10(23-7-5-22(6-8-23)9-13(24)20-2)16(25)21-12-4-3-11(17)14(18)15(12)19/h3-4,10H,5-9H2,1-2H3,(H,20,24)(H,21,25)/p+2/t10-/m0/s1. The molecule has 1 aromatic carbocycles. The van der Waals surface area contributed by atoms with Crippen molar-refractivity contribution >= 4 is 17.5 Å². The van der Waals surface area contributed by atoms with Crippen molar-refractivity contribution in [2.24, 2.45) is 0 Å². The second-order valence-corrected chi connectivity index (χ2v) is 6.19. The molecule has 2 amide bonds. The highest BCUT2D eigenvalue weighted by Crippen LogP contribution is 2.19. The van der Waals surface area contributed by atoms with Gasteiger partial charge in [-0.25, -0.2) is 13.2 Å². The first-order valence-corrected chi connectivity index (χ1v) is 8.16. The molecule has 1 heterocycles. The second kappa shape index (κ2) is 8.30. The van der Waals surface area contributed by atoms with Crippen LogP contribution in [0.4, 0.5) is 18.9 Å². The van der Waals surface area contributed by atoms with Gasteiger partial charge in [-0.2, -0.15) is 0 Å². The summed E-state index contributed by atoms with van der Waals surface area (Å²) in [6.07, 6.45) is 0. The number of rotatable bonds is 5. The number of benzene rings is 1. The van der Waals surface area contributed by atoms with Crippen molar-refractivity contribution in [1.82, 2.24) is 5.32 Å². The van der Waals surface area contributed by atoms with Gasteiger partial charge in [0.2, 0.25) is 0 Å². The number of quaternary nitrogens is 2. The number of amides is 2. The average Bonchev–Trinajstić information content (AvgIpc) is 2.62. The van der Waals surface area contributed by atoms with Crippen LogP contribution in [-0.2, 0) is 9.59 Å². The van der Waals surface area contributed by atoms with Gasteiger partial charge in [0.15, 0.2) is 30.0 Å². The quantitative estimate of drug-likeness (QED) is 0.457. The SMILES string of the molecule is CNC(=O)C[NH+]1CC[NH+]([C@@H](C)C(=O)Nc2ccc(F)c(F)c2F)CC1. The predicted octanol–water partition coefficient (Wildman–Crippen LogP) is -2.04. The van der Waals surface area contributed by atoms with E-state index in [9.17, 15) is 22.8 Å². The highest BCUT2D eigenvalue weighted by molar-refractivity contribution is 5.93. The van der Waals surface area contributed by atoms with Crippen LogP contribution in [0.25, 0.3) is 0 Å². The number of anilines is 1. The third kappa shape index (κ3) is 4.70. The maximum atomic E-state index is 13.7. The van der Waals surface area contributed by atoms with Gasteiger partial charge in [0.1, 0.15) is 26.2 Å². The van der Waals surface area contributed by atoms with E-state index in [-0.39, 0.29) is 11.6 Å². The number of piperazine rings is 1. The zero-order valence-electron chi connectivity index (χ0n) is 14.2. The first kappa shape index (κ1) is 19.2. The number of carbonyl (C=O) groups is 2. The van der Waals surface area contributed by atoms with Crippen molar-refractivity contribution in [3.63, 3.8) is 0 Å². The van der Waals surface area contributed by atoms with Crippen LogP contribution in [0.5, 0.6) is 0 Å². The van der Waals surface area contributed by atoms with Crippen LogP contribution in [0.15, 0.2) is 12.1 Å². The monoisotopic (exact) mass is 360 g/mol. The molecule has 0 unspecified atom stereocenters. The topological polar surface area (TPSA) is 67.1 Å². The molecule has 1 aliphatic heterocycles. The number of nitrogens with one attached hydrogen (secondary N) is 4. The van der Waals surface area contributed by atoms with Crippen LogP contribution in [0, 0.1) is 17.5 Å². The fourth-order valence-corrected chi connectivity index (χ4v) is 2.90. The highest BCUT2D eigenvalue weighted by atomic mass is 19.2. The third-order valence-electron chi connectivity index (χ3n) is 4.59. The number of hydrogen-bond donors (Lipinski definition) is 4. The van der Waals surface area contributed by atoms with Crippen LogP contribution in [-0.4, -0.2) is 57.6 Å². The zero-order valence-corrected chi connectivity index (χ0v) is 14.2. The van der Waals surface area contributed by atoms with E-state index in [1.165, 1.54) is 0 Å². The molecule has 9 heteroatoms. The van der Waals surface area contributed by atoms with Crippen LogP contribution < -0.4 is 20.4 Å². The molecule has 0 spiro atoms. The molecule has 0 radical (unpaired) electrons. The summed E-state index contributed by atoms with van der Waals surface area (Å²) in [5.74, 6) is -4.81. The first-order valence-electron chi connectivity index (χ1n) is 8.16.